The van der Waals surface area contributed by atoms with Gasteiger partial charge in [-0.25, -0.2) is 0 Å². The van der Waals surface area contributed by atoms with Gasteiger partial charge in [0, 0.05) is 0 Å². The molecule has 0 saturated heterocycles. The molecule has 29 heavy (non-hydrogen) atoms. The third kappa shape index (κ3) is 19.6. The fourth-order valence-corrected chi connectivity index (χ4v) is 4.94. The molecule has 0 heterocycles. The van der Waals surface area contributed by atoms with Gasteiger partial charge in [-0.05, 0) is 32.1 Å². The summed E-state index contributed by atoms with van der Waals surface area (Å²) in [4.78, 5) is 0. The van der Waals surface area contributed by atoms with E-state index in [9.17, 15) is 18.1 Å². The Morgan fingerprint density at radius 3 is 1.34 bits per heavy atom. The topological polar surface area (TPSA) is 74.6 Å². The van der Waals surface area contributed by atoms with Crippen molar-refractivity contribution in [3.8, 4) is 0 Å². The Balaban J connectivity index is 3.75. The zero-order valence-corrected chi connectivity index (χ0v) is 20.2. The number of aliphatic hydroxyl groups is 1. The first-order chi connectivity index (χ1) is 13.9. The Hall–Kier alpha value is -0.130. The van der Waals surface area contributed by atoms with Crippen molar-refractivity contribution in [3.05, 3.63) is 0 Å². The molecule has 2 N–H and O–H groups in total. The van der Waals surface area contributed by atoms with Crippen LogP contribution in [0.1, 0.15) is 142 Å². The van der Waals surface area contributed by atoms with Gasteiger partial charge < -0.3 is 5.11 Å². The van der Waals surface area contributed by atoms with E-state index in [1.165, 1.54) is 70.6 Å². The molecule has 0 saturated carbocycles. The molecule has 5 heteroatoms. The van der Waals surface area contributed by atoms with E-state index in [4.69, 9.17) is 0 Å². The zero-order chi connectivity index (χ0) is 21.8. The lowest BCUT2D eigenvalue weighted by Crippen LogP contribution is -2.21. The summed E-state index contributed by atoms with van der Waals surface area (Å²) < 4.78 is 32.7. The van der Waals surface area contributed by atoms with E-state index in [0.717, 1.165) is 32.1 Å². The van der Waals surface area contributed by atoms with Crippen molar-refractivity contribution < 1.29 is 18.1 Å². The van der Waals surface area contributed by atoms with E-state index in [1.807, 2.05) is 0 Å². The molecule has 0 bridgehead atoms. The molecular weight excluding hydrogens is 384 g/mol. The lowest BCUT2D eigenvalue weighted by atomic mass is 10.0. The first-order valence-corrected chi connectivity index (χ1v) is 14.1. The minimum atomic E-state index is -3.98. The maximum atomic E-state index is 11.6. The highest BCUT2D eigenvalue weighted by molar-refractivity contribution is 7.86. The molecule has 2 atom stereocenters. The average Bonchev–Trinajstić information content (AvgIpc) is 2.67. The van der Waals surface area contributed by atoms with E-state index in [2.05, 4.69) is 13.8 Å². The van der Waals surface area contributed by atoms with Crippen molar-refractivity contribution in [1.82, 2.24) is 0 Å². The monoisotopic (exact) mass is 434 g/mol. The van der Waals surface area contributed by atoms with Crippen LogP contribution in [-0.4, -0.2) is 29.4 Å². The van der Waals surface area contributed by atoms with E-state index in [-0.39, 0.29) is 6.10 Å². The van der Waals surface area contributed by atoms with Crippen LogP contribution in [0.2, 0.25) is 0 Å². The fourth-order valence-electron chi connectivity index (χ4n) is 4.01. The average molecular weight is 435 g/mol. The van der Waals surface area contributed by atoms with Gasteiger partial charge in [-0.15, -0.1) is 0 Å². The highest BCUT2D eigenvalue weighted by atomic mass is 32.2. The third-order valence-corrected chi connectivity index (χ3v) is 7.32. The van der Waals surface area contributed by atoms with Crippen LogP contribution in [0.3, 0.4) is 0 Å². The van der Waals surface area contributed by atoms with Crippen LogP contribution in [0, 0.1) is 0 Å². The standard InChI is InChI=1S/C24H50O4S/c1-3-5-7-9-11-12-13-14-16-19-23(25)20-18-22-24(29(26,27)28)21-17-15-10-8-6-4-2/h23-25H,3-22H2,1-2H3,(H,26,27,28). The molecule has 4 nitrogen and oxygen atoms in total. The number of hydrogen-bond acceptors (Lipinski definition) is 3. The van der Waals surface area contributed by atoms with Crippen LogP contribution in [-0.2, 0) is 10.1 Å². The summed E-state index contributed by atoms with van der Waals surface area (Å²) in [6.07, 6.45) is 20.9. The van der Waals surface area contributed by atoms with Crippen molar-refractivity contribution in [1.29, 1.82) is 0 Å². The molecule has 0 aromatic carbocycles. The Kier molecular flexibility index (Phi) is 19.7. The highest BCUT2D eigenvalue weighted by Crippen LogP contribution is 2.20. The predicted octanol–water partition coefficient (Wildman–Crippen LogP) is 7.45. The van der Waals surface area contributed by atoms with Gasteiger partial charge in [0.15, 0.2) is 0 Å². The minimum Gasteiger partial charge on any atom is -0.393 e. The van der Waals surface area contributed by atoms with Gasteiger partial charge >= 0.3 is 0 Å². The first-order valence-electron chi connectivity index (χ1n) is 12.6. The Bertz CT molecular complexity index is 436. The summed E-state index contributed by atoms with van der Waals surface area (Å²) in [7, 11) is -3.98. The molecule has 2 unspecified atom stereocenters. The summed E-state index contributed by atoms with van der Waals surface area (Å²) in [5.74, 6) is 0. The molecule has 0 amide bonds. The molecule has 0 radical (unpaired) electrons. The molecule has 0 aromatic heterocycles. The van der Waals surface area contributed by atoms with Crippen molar-refractivity contribution >= 4 is 10.1 Å². The molecule has 0 rings (SSSR count). The summed E-state index contributed by atoms with van der Waals surface area (Å²) in [6, 6.07) is 0. The molecule has 0 spiro atoms. The van der Waals surface area contributed by atoms with Crippen LogP contribution in [0.15, 0.2) is 0 Å². The second-order valence-electron chi connectivity index (χ2n) is 8.90. The van der Waals surface area contributed by atoms with Gasteiger partial charge in [0.05, 0.1) is 11.4 Å². The van der Waals surface area contributed by atoms with E-state index >= 15 is 0 Å². The van der Waals surface area contributed by atoms with Gasteiger partial charge in [0.25, 0.3) is 10.1 Å². The number of hydrogen-bond donors (Lipinski definition) is 2. The molecule has 0 aliphatic carbocycles. The predicted molar refractivity (Wildman–Crippen MR) is 125 cm³/mol. The van der Waals surface area contributed by atoms with Crippen molar-refractivity contribution in [2.45, 2.75) is 154 Å². The minimum absolute atomic E-state index is 0.337. The quantitative estimate of drug-likeness (QED) is 0.137. The van der Waals surface area contributed by atoms with Gasteiger partial charge in [0.2, 0.25) is 0 Å². The number of unbranched alkanes of at least 4 members (excludes halogenated alkanes) is 13. The lowest BCUT2D eigenvalue weighted by Gasteiger charge is -2.15. The molecule has 0 fully saturated rings. The van der Waals surface area contributed by atoms with Crippen LogP contribution in [0.25, 0.3) is 0 Å². The second kappa shape index (κ2) is 19.8. The van der Waals surface area contributed by atoms with E-state index in [1.54, 1.807) is 0 Å². The fraction of sp³-hybridized carbons (Fsp3) is 1.00. The summed E-state index contributed by atoms with van der Waals surface area (Å²) in [6.45, 7) is 4.42. The van der Waals surface area contributed by atoms with Gasteiger partial charge in [0.1, 0.15) is 0 Å². The highest BCUT2D eigenvalue weighted by Gasteiger charge is 2.22. The van der Waals surface area contributed by atoms with Crippen molar-refractivity contribution in [2.75, 3.05) is 0 Å². The first kappa shape index (κ1) is 28.9. The summed E-state index contributed by atoms with van der Waals surface area (Å²) >= 11 is 0. The van der Waals surface area contributed by atoms with Gasteiger partial charge in [-0.3, -0.25) is 4.55 Å². The molecule has 0 aliphatic rings. The van der Waals surface area contributed by atoms with Gasteiger partial charge in [-0.1, -0.05) is 110 Å². The van der Waals surface area contributed by atoms with Crippen LogP contribution < -0.4 is 0 Å². The van der Waals surface area contributed by atoms with Crippen LogP contribution in [0.5, 0.6) is 0 Å². The Morgan fingerprint density at radius 1 is 0.552 bits per heavy atom. The molecule has 176 valence electrons. The van der Waals surface area contributed by atoms with Crippen LogP contribution >= 0.6 is 0 Å². The van der Waals surface area contributed by atoms with Crippen molar-refractivity contribution in [2.24, 2.45) is 0 Å². The Morgan fingerprint density at radius 2 is 0.897 bits per heavy atom. The largest absolute Gasteiger partial charge is 0.393 e. The van der Waals surface area contributed by atoms with E-state index in [0.29, 0.717) is 25.7 Å². The normalized spacial score (nSPS) is 14.2. The molecule has 0 aromatic rings. The lowest BCUT2D eigenvalue weighted by molar-refractivity contribution is 0.147. The Labute approximate surface area is 182 Å². The van der Waals surface area contributed by atoms with Gasteiger partial charge in [-0.2, -0.15) is 8.42 Å². The summed E-state index contributed by atoms with van der Waals surface area (Å²) in [5.41, 5.74) is 0. The van der Waals surface area contributed by atoms with Crippen molar-refractivity contribution in [3.63, 3.8) is 0 Å². The smallest absolute Gasteiger partial charge is 0.267 e. The molecule has 0 aliphatic heterocycles. The van der Waals surface area contributed by atoms with Crippen LogP contribution in [0.4, 0.5) is 0 Å². The number of aliphatic hydroxyl groups excluding tert-OH is 1. The third-order valence-electron chi connectivity index (χ3n) is 6.01. The SMILES string of the molecule is CCCCCCCCCCCC(O)CCCC(CCCCCCCC)S(=O)(=O)O. The number of rotatable bonds is 22. The maximum absolute atomic E-state index is 11.6. The van der Waals surface area contributed by atoms with E-state index < -0.39 is 15.4 Å². The summed E-state index contributed by atoms with van der Waals surface area (Å²) in [5, 5.41) is 9.49. The molecular formula is C24H50O4S. The second-order valence-corrected chi connectivity index (χ2v) is 10.6. The maximum Gasteiger partial charge on any atom is 0.267 e. The zero-order valence-electron chi connectivity index (χ0n) is 19.4.